The molecule has 0 bridgehead atoms. The summed E-state index contributed by atoms with van der Waals surface area (Å²) in [7, 11) is 0. The van der Waals surface area contributed by atoms with Crippen LogP contribution in [0.3, 0.4) is 0 Å². The van der Waals surface area contributed by atoms with Crippen LogP contribution in [0.5, 0.6) is 0 Å². The van der Waals surface area contributed by atoms with Crippen molar-refractivity contribution in [3.05, 3.63) is 107 Å². The maximum absolute atomic E-state index is 13.4. The second-order valence-corrected chi connectivity index (χ2v) is 9.31. The first kappa shape index (κ1) is 24.9. The predicted molar refractivity (Wildman–Crippen MR) is 134 cm³/mol. The van der Waals surface area contributed by atoms with E-state index in [0.29, 0.717) is 11.1 Å². The van der Waals surface area contributed by atoms with Crippen molar-refractivity contribution >= 4 is 17.7 Å². The second kappa shape index (κ2) is 10.5. The summed E-state index contributed by atoms with van der Waals surface area (Å²) >= 11 is 0. The fourth-order valence-corrected chi connectivity index (χ4v) is 3.42. The Morgan fingerprint density at radius 1 is 0.765 bits per heavy atom. The number of hydrogen-bond donors (Lipinski definition) is 0. The van der Waals surface area contributed by atoms with Crippen molar-refractivity contribution in [2.45, 2.75) is 52.4 Å². The van der Waals surface area contributed by atoms with Crippen LogP contribution in [0.4, 0.5) is 0 Å². The van der Waals surface area contributed by atoms with Gasteiger partial charge in [0.15, 0.2) is 11.3 Å². The molecule has 5 heteroatoms. The maximum atomic E-state index is 13.4. The summed E-state index contributed by atoms with van der Waals surface area (Å²) in [6.07, 6.45) is 0. The normalized spacial score (nSPS) is 13.6. The van der Waals surface area contributed by atoms with Crippen molar-refractivity contribution in [1.82, 2.24) is 0 Å². The molecular weight excluding hydrogens is 426 g/mol. The van der Waals surface area contributed by atoms with Crippen molar-refractivity contribution in [2.24, 2.45) is 4.99 Å². The zero-order valence-electron chi connectivity index (χ0n) is 20.4. The molecule has 0 aromatic heterocycles. The fourth-order valence-electron chi connectivity index (χ4n) is 3.42. The van der Waals surface area contributed by atoms with Gasteiger partial charge in [-0.15, -0.1) is 0 Å². The molecule has 3 rings (SSSR count). The Balaban J connectivity index is 2.09. The van der Waals surface area contributed by atoms with E-state index in [-0.39, 0.29) is 12.3 Å². The molecule has 0 amide bonds. The van der Waals surface area contributed by atoms with E-state index in [1.54, 1.807) is 39.8 Å². The smallest absolute Gasteiger partial charge is 0.357 e. The van der Waals surface area contributed by atoms with Crippen molar-refractivity contribution in [3.8, 4) is 0 Å². The van der Waals surface area contributed by atoms with Gasteiger partial charge in [-0.05, 0) is 52.3 Å². The molecule has 0 N–H and O–H groups in total. The van der Waals surface area contributed by atoms with Crippen molar-refractivity contribution in [3.63, 3.8) is 0 Å². The number of esters is 2. The molecule has 0 saturated heterocycles. The first-order chi connectivity index (χ1) is 16.1. The van der Waals surface area contributed by atoms with Crippen LogP contribution in [0.2, 0.25) is 0 Å². The average Bonchev–Trinajstić information content (AvgIpc) is 2.79. The lowest BCUT2D eigenvalue weighted by Crippen LogP contribution is -2.45. The van der Waals surface area contributed by atoms with Crippen molar-refractivity contribution in [1.29, 1.82) is 0 Å². The molecule has 3 aromatic rings. The van der Waals surface area contributed by atoms with Crippen molar-refractivity contribution in [2.75, 3.05) is 0 Å². The van der Waals surface area contributed by atoms with Gasteiger partial charge in [-0.25, -0.2) is 9.59 Å². The maximum Gasteiger partial charge on any atom is 0.357 e. The monoisotopic (exact) mass is 457 g/mol. The number of benzene rings is 3. The van der Waals surface area contributed by atoms with E-state index in [4.69, 9.17) is 9.47 Å². The van der Waals surface area contributed by atoms with Crippen LogP contribution in [-0.4, -0.2) is 23.3 Å². The third-order valence-corrected chi connectivity index (χ3v) is 5.22. The lowest BCUT2D eigenvalue weighted by Gasteiger charge is -2.32. The molecule has 0 saturated carbocycles. The minimum absolute atomic E-state index is 0.0259. The molecule has 3 aromatic carbocycles. The molecule has 34 heavy (non-hydrogen) atoms. The Morgan fingerprint density at radius 3 is 1.88 bits per heavy atom. The summed E-state index contributed by atoms with van der Waals surface area (Å²) in [5.74, 6) is -1.19. The van der Waals surface area contributed by atoms with Gasteiger partial charge in [0, 0.05) is 5.56 Å². The third kappa shape index (κ3) is 6.41. The SMILES string of the molecule is Cc1ccc(C(=O)OC(C)(C(=NCc2ccccc2)C(=O)OC(C)(C)C)c2ccccc2)cc1. The number of rotatable bonds is 7. The zero-order valence-corrected chi connectivity index (χ0v) is 20.4. The molecule has 0 heterocycles. The van der Waals surface area contributed by atoms with E-state index < -0.39 is 23.1 Å². The molecule has 176 valence electrons. The summed E-state index contributed by atoms with van der Waals surface area (Å²) in [6, 6.07) is 25.8. The van der Waals surface area contributed by atoms with Gasteiger partial charge in [-0.2, -0.15) is 0 Å². The quantitative estimate of drug-likeness (QED) is 0.320. The van der Waals surface area contributed by atoms with Gasteiger partial charge in [0.1, 0.15) is 5.60 Å². The molecule has 0 aliphatic carbocycles. The molecule has 5 nitrogen and oxygen atoms in total. The Bertz CT molecular complexity index is 1150. The van der Waals surface area contributed by atoms with E-state index in [1.165, 1.54) is 0 Å². The average molecular weight is 458 g/mol. The highest BCUT2D eigenvalue weighted by Crippen LogP contribution is 2.31. The van der Waals surface area contributed by atoms with Gasteiger partial charge in [-0.1, -0.05) is 78.4 Å². The molecular formula is C29H31NO4. The minimum atomic E-state index is -1.47. The van der Waals surface area contributed by atoms with Crippen LogP contribution in [0, 0.1) is 6.92 Å². The highest BCUT2D eigenvalue weighted by atomic mass is 16.6. The van der Waals surface area contributed by atoms with E-state index in [0.717, 1.165) is 11.1 Å². The standard InChI is InChI=1S/C29H31NO4/c1-21-16-18-23(19-17-21)26(31)34-29(5,24-14-10-7-11-15-24)25(27(32)33-28(2,3)4)30-20-22-12-8-6-9-13-22/h6-19H,20H2,1-5H3. The van der Waals surface area contributed by atoms with Gasteiger partial charge < -0.3 is 9.47 Å². The number of ether oxygens (including phenoxy) is 2. The number of aliphatic imine (C=N–C) groups is 1. The van der Waals surface area contributed by atoms with Crippen LogP contribution in [0.25, 0.3) is 0 Å². The third-order valence-electron chi connectivity index (χ3n) is 5.22. The van der Waals surface area contributed by atoms with Crippen LogP contribution in [-0.2, 0) is 26.4 Å². The molecule has 1 unspecified atom stereocenters. The van der Waals surface area contributed by atoms with E-state index >= 15 is 0 Å². The Hall–Kier alpha value is -3.73. The number of hydrogen-bond acceptors (Lipinski definition) is 5. The van der Waals surface area contributed by atoms with E-state index in [1.807, 2.05) is 79.7 Å². The van der Waals surface area contributed by atoms with Gasteiger partial charge in [0.25, 0.3) is 0 Å². The molecule has 0 aliphatic rings. The number of carbonyl (C=O) groups is 2. The number of aryl methyl sites for hydroxylation is 1. The van der Waals surface area contributed by atoms with Gasteiger partial charge in [-0.3, -0.25) is 4.99 Å². The highest BCUT2D eigenvalue weighted by Gasteiger charge is 2.43. The summed E-state index contributed by atoms with van der Waals surface area (Å²) in [4.78, 5) is 31.3. The largest absolute Gasteiger partial charge is 0.455 e. The minimum Gasteiger partial charge on any atom is -0.455 e. The Labute approximate surface area is 201 Å². The van der Waals surface area contributed by atoms with Crippen LogP contribution < -0.4 is 0 Å². The van der Waals surface area contributed by atoms with Gasteiger partial charge in [0.05, 0.1) is 12.1 Å². The van der Waals surface area contributed by atoms with Gasteiger partial charge >= 0.3 is 11.9 Å². The van der Waals surface area contributed by atoms with E-state index in [9.17, 15) is 9.59 Å². The second-order valence-electron chi connectivity index (χ2n) is 9.31. The molecule has 0 fully saturated rings. The Kier molecular flexibility index (Phi) is 7.67. The van der Waals surface area contributed by atoms with E-state index in [2.05, 4.69) is 4.99 Å². The first-order valence-corrected chi connectivity index (χ1v) is 11.3. The van der Waals surface area contributed by atoms with Crippen LogP contribution >= 0.6 is 0 Å². The summed E-state index contributed by atoms with van der Waals surface area (Å²) in [5.41, 5.74) is 0.763. The lowest BCUT2D eigenvalue weighted by atomic mass is 9.89. The summed E-state index contributed by atoms with van der Waals surface area (Å²) in [5, 5.41) is 0. The van der Waals surface area contributed by atoms with Gasteiger partial charge in [0.2, 0.25) is 0 Å². The molecule has 0 aliphatic heterocycles. The Morgan fingerprint density at radius 2 is 1.32 bits per heavy atom. The lowest BCUT2D eigenvalue weighted by molar-refractivity contribution is -0.147. The van der Waals surface area contributed by atoms with Crippen LogP contribution in [0.1, 0.15) is 54.7 Å². The summed E-state index contributed by atoms with van der Waals surface area (Å²) < 4.78 is 11.8. The fraction of sp³-hybridized carbons (Fsp3) is 0.276. The first-order valence-electron chi connectivity index (χ1n) is 11.3. The summed E-state index contributed by atoms with van der Waals surface area (Å²) in [6.45, 7) is 9.23. The number of carbonyl (C=O) groups excluding carboxylic acids is 2. The highest BCUT2D eigenvalue weighted by molar-refractivity contribution is 6.40. The molecule has 0 radical (unpaired) electrons. The van der Waals surface area contributed by atoms with Crippen LogP contribution in [0.15, 0.2) is 89.9 Å². The number of nitrogens with zero attached hydrogens (tertiary/aromatic N) is 1. The zero-order chi connectivity index (χ0) is 24.8. The predicted octanol–water partition coefficient (Wildman–Crippen LogP) is 6.05. The van der Waals surface area contributed by atoms with Crippen molar-refractivity contribution < 1.29 is 19.1 Å². The molecule has 0 spiro atoms. The topological polar surface area (TPSA) is 65.0 Å². The molecule has 1 atom stereocenters.